The molecule has 4 rings (SSSR count). The number of pyridine rings is 1. The number of hydrogen-bond acceptors (Lipinski definition) is 4. The summed E-state index contributed by atoms with van der Waals surface area (Å²) < 4.78 is 0. The molecule has 5 nitrogen and oxygen atoms in total. The molecule has 0 saturated carbocycles. The van der Waals surface area contributed by atoms with Crippen LogP contribution in [0.2, 0.25) is 0 Å². The Hall–Kier alpha value is -3.83. The average molecular weight is 393 g/mol. The number of nitriles is 1. The van der Waals surface area contributed by atoms with E-state index in [0.717, 1.165) is 42.6 Å². The first-order valence-corrected chi connectivity index (χ1v) is 10.2. The Morgan fingerprint density at radius 3 is 2.37 bits per heavy atom. The standard InChI is InChI=1S/C25H23N5/c1-17-8-6-9-18(14-17)19-10-7-11-20(15-19)22-21(16-26)25(29-24(27)23(22)28-2)30-12-4-3-5-13-30/h6-11,14-15H,3-5,12-13H2,1H3,(H2,27,29). The Bertz CT molecular complexity index is 1180. The van der Waals surface area contributed by atoms with Gasteiger partial charge in [-0.2, -0.15) is 5.26 Å². The fourth-order valence-electron chi connectivity index (χ4n) is 4.09. The summed E-state index contributed by atoms with van der Waals surface area (Å²) in [7, 11) is 0. The molecule has 1 aromatic heterocycles. The van der Waals surface area contributed by atoms with Gasteiger partial charge in [0.2, 0.25) is 5.69 Å². The van der Waals surface area contributed by atoms with Crippen molar-refractivity contribution in [1.82, 2.24) is 4.98 Å². The lowest BCUT2D eigenvalue weighted by Gasteiger charge is -2.29. The molecule has 1 fully saturated rings. The zero-order valence-corrected chi connectivity index (χ0v) is 17.0. The van der Waals surface area contributed by atoms with Gasteiger partial charge in [-0.1, -0.05) is 48.0 Å². The fourth-order valence-corrected chi connectivity index (χ4v) is 4.09. The maximum Gasteiger partial charge on any atom is 0.237 e. The predicted molar refractivity (Wildman–Crippen MR) is 121 cm³/mol. The lowest BCUT2D eigenvalue weighted by atomic mass is 9.94. The number of nitrogen functional groups attached to an aromatic ring is 1. The van der Waals surface area contributed by atoms with E-state index in [4.69, 9.17) is 12.3 Å². The third kappa shape index (κ3) is 3.58. The quantitative estimate of drug-likeness (QED) is 0.578. The van der Waals surface area contributed by atoms with E-state index in [0.29, 0.717) is 16.9 Å². The smallest absolute Gasteiger partial charge is 0.237 e. The number of hydrogen-bond donors (Lipinski definition) is 1. The van der Waals surface area contributed by atoms with Gasteiger partial charge >= 0.3 is 0 Å². The lowest BCUT2D eigenvalue weighted by Crippen LogP contribution is -2.31. The molecule has 0 bridgehead atoms. The van der Waals surface area contributed by atoms with Crippen molar-refractivity contribution >= 4 is 17.3 Å². The van der Waals surface area contributed by atoms with Crippen LogP contribution in [0.1, 0.15) is 30.4 Å². The molecular formula is C25H23N5. The van der Waals surface area contributed by atoms with E-state index in [1.807, 2.05) is 30.3 Å². The van der Waals surface area contributed by atoms with Crippen LogP contribution in [-0.2, 0) is 0 Å². The first-order chi connectivity index (χ1) is 14.6. The second-order valence-electron chi connectivity index (χ2n) is 7.64. The largest absolute Gasteiger partial charge is 0.392 e. The summed E-state index contributed by atoms with van der Waals surface area (Å²) in [6, 6.07) is 18.6. The summed E-state index contributed by atoms with van der Waals surface area (Å²) in [5.74, 6) is 0.776. The van der Waals surface area contributed by atoms with Crippen molar-refractivity contribution in [3.8, 4) is 28.3 Å². The molecule has 0 spiro atoms. The Balaban J connectivity index is 1.92. The highest BCUT2D eigenvalue weighted by Crippen LogP contribution is 2.42. The molecule has 30 heavy (non-hydrogen) atoms. The Morgan fingerprint density at radius 2 is 1.70 bits per heavy atom. The van der Waals surface area contributed by atoms with Gasteiger partial charge < -0.3 is 10.6 Å². The summed E-state index contributed by atoms with van der Waals surface area (Å²) in [5, 5.41) is 10.1. The molecule has 2 aromatic carbocycles. The molecule has 0 atom stereocenters. The third-order valence-electron chi connectivity index (χ3n) is 5.56. The van der Waals surface area contributed by atoms with E-state index >= 15 is 0 Å². The van der Waals surface area contributed by atoms with Crippen molar-refractivity contribution in [3.05, 3.63) is 71.1 Å². The number of aromatic nitrogens is 1. The molecule has 0 unspecified atom stereocenters. The van der Waals surface area contributed by atoms with Crippen molar-refractivity contribution in [2.24, 2.45) is 0 Å². The molecule has 2 N–H and O–H groups in total. The van der Waals surface area contributed by atoms with Gasteiger partial charge in [0.05, 0.1) is 12.1 Å². The summed E-state index contributed by atoms with van der Waals surface area (Å²) in [4.78, 5) is 10.3. The van der Waals surface area contributed by atoms with Crippen molar-refractivity contribution in [2.45, 2.75) is 26.2 Å². The molecule has 1 saturated heterocycles. The third-order valence-corrected chi connectivity index (χ3v) is 5.56. The minimum atomic E-state index is 0.181. The van der Waals surface area contributed by atoms with Crippen molar-refractivity contribution in [2.75, 3.05) is 23.7 Å². The van der Waals surface area contributed by atoms with Gasteiger partial charge in [-0.15, -0.1) is 0 Å². The number of piperidine rings is 1. The second-order valence-corrected chi connectivity index (χ2v) is 7.64. The second kappa shape index (κ2) is 8.27. The van der Waals surface area contributed by atoms with Crippen LogP contribution in [0, 0.1) is 24.8 Å². The number of aryl methyl sites for hydroxylation is 1. The van der Waals surface area contributed by atoms with E-state index in [1.165, 1.54) is 12.0 Å². The van der Waals surface area contributed by atoms with E-state index in [2.05, 4.69) is 45.9 Å². The summed E-state index contributed by atoms with van der Waals surface area (Å²) in [5.41, 5.74) is 11.6. The zero-order valence-electron chi connectivity index (χ0n) is 17.0. The van der Waals surface area contributed by atoms with Gasteiger partial charge in [0, 0.05) is 18.7 Å². The van der Waals surface area contributed by atoms with E-state index in [1.54, 1.807) is 0 Å². The van der Waals surface area contributed by atoms with Crippen LogP contribution < -0.4 is 10.6 Å². The van der Waals surface area contributed by atoms with E-state index < -0.39 is 0 Å². The van der Waals surface area contributed by atoms with Crippen LogP contribution in [-0.4, -0.2) is 18.1 Å². The highest BCUT2D eigenvalue weighted by molar-refractivity contribution is 5.93. The first-order valence-electron chi connectivity index (χ1n) is 10.2. The molecule has 5 heteroatoms. The van der Waals surface area contributed by atoms with Gasteiger partial charge in [-0.3, -0.25) is 0 Å². The van der Waals surface area contributed by atoms with Crippen LogP contribution in [0.15, 0.2) is 48.5 Å². The van der Waals surface area contributed by atoms with Crippen molar-refractivity contribution < 1.29 is 0 Å². The highest BCUT2D eigenvalue weighted by atomic mass is 15.2. The molecule has 0 radical (unpaired) electrons. The molecule has 148 valence electrons. The number of rotatable bonds is 3. The number of benzene rings is 2. The maximum atomic E-state index is 10.1. The fraction of sp³-hybridized carbons (Fsp3) is 0.240. The Kier molecular flexibility index (Phi) is 5.37. The minimum absolute atomic E-state index is 0.181. The van der Waals surface area contributed by atoms with Crippen LogP contribution >= 0.6 is 0 Å². The lowest BCUT2D eigenvalue weighted by molar-refractivity contribution is 0.573. The van der Waals surface area contributed by atoms with Crippen LogP contribution in [0.3, 0.4) is 0 Å². The number of anilines is 2. The number of nitrogens with zero attached hydrogens (tertiary/aromatic N) is 4. The SMILES string of the molecule is [C-]#[N+]c1c(N)nc(N2CCCCC2)c(C#N)c1-c1cccc(-c2cccc(C)c2)c1. The monoisotopic (exact) mass is 393 g/mol. The van der Waals surface area contributed by atoms with Crippen molar-refractivity contribution in [1.29, 1.82) is 5.26 Å². The predicted octanol–water partition coefficient (Wildman–Crippen LogP) is 5.72. The minimum Gasteiger partial charge on any atom is -0.392 e. The van der Waals surface area contributed by atoms with Crippen LogP contribution in [0.25, 0.3) is 27.1 Å². The Morgan fingerprint density at radius 1 is 1.03 bits per heavy atom. The normalized spacial score (nSPS) is 13.5. The maximum absolute atomic E-state index is 10.1. The van der Waals surface area contributed by atoms with Crippen LogP contribution in [0.5, 0.6) is 0 Å². The molecule has 1 aliphatic rings. The Labute approximate surface area is 177 Å². The van der Waals surface area contributed by atoms with E-state index in [9.17, 15) is 5.26 Å². The zero-order chi connectivity index (χ0) is 21.1. The van der Waals surface area contributed by atoms with Gasteiger partial charge in [0.25, 0.3) is 0 Å². The summed E-state index contributed by atoms with van der Waals surface area (Å²) in [6.45, 7) is 11.4. The van der Waals surface area contributed by atoms with Crippen LogP contribution in [0.4, 0.5) is 17.3 Å². The molecule has 3 aromatic rings. The summed E-state index contributed by atoms with van der Waals surface area (Å²) in [6.07, 6.45) is 3.31. The molecule has 2 heterocycles. The summed E-state index contributed by atoms with van der Waals surface area (Å²) >= 11 is 0. The van der Waals surface area contributed by atoms with Gasteiger partial charge in [0.15, 0.2) is 0 Å². The molecule has 1 aliphatic heterocycles. The average Bonchev–Trinajstić information content (AvgIpc) is 2.79. The molecular weight excluding hydrogens is 370 g/mol. The van der Waals surface area contributed by atoms with Gasteiger partial charge in [0.1, 0.15) is 17.7 Å². The molecule has 0 amide bonds. The number of nitrogens with two attached hydrogens (primary N) is 1. The van der Waals surface area contributed by atoms with Crippen molar-refractivity contribution in [3.63, 3.8) is 0 Å². The van der Waals surface area contributed by atoms with Gasteiger partial charge in [-0.05, 0) is 48.9 Å². The molecule has 0 aliphatic carbocycles. The topological polar surface area (TPSA) is 70.3 Å². The first kappa shape index (κ1) is 19.5. The van der Waals surface area contributed by atoms with E-state index in [-0.39, 0.29) is 11.5 Å². The highest BCUT2D eigenvalue weighted by Gasteiger charge is 2.24. The van der Waals surface area contributed by atoms with Gasteiger partial charge in [-0.25, -0.2) is 9.83 Å².